The van der Waals surface area contributed by atoms with Crippen molar-refractivity contribution in [3.63, 3.8) is 0 Å². The second-order valence-electron chi connectivity index (χ2n) is 5.40. The molecule has 1 aliphatic heterocycles. The average molecular weight is 183 g/mol. The summed E-state index contributed by atoms with van der Waals surface area (Å²) in [6, 6.07) is 0.427. The van der Waals surface area contributed by atoms with E-state index in [0.29, 0.717) is 11.5 Å². The van der Waals surface area contributed by atoms with Crippen LogP contribution in [0.4, 0.5) is 0 Å². The van der Waals surface area contributed by atoms with Crippen LogP contribution in [0.1, 0.15) is 46.0 Å². The maximum Gasteiger partial charge on any atom is 0.0632 e. The molecule has 1 heterocycles. The van der Waals surface area contributed by atoms with E-state index in [4.69, 9.17) is 10.5 Å². The summed E-state index contributed by atoms with van der Waals surface area (Å²) in [6.07, 6.45) is 6.19. The van der Waals surface area contributed by atoms with Gasteiger partial charge in [-0.05, 0) is 44.9 Å². The molecule has 0 amide bonds. The molecule has 0 aromatic rings. The predicted octanol–water partition coefficient (Wildman–Crippen LogP) is 2.07. The van der Waals surface area contributed by atoms with E-state index in [2.05, 4.69) is 13.8 Å². The highest BCUT2D eigenvalue weighted by Gasteiger charge is 2.46. The van der Waals surface area contributed by atoms with Gasteiger partial charge in [0.15, 0.2) is 0 Å². The molecule has 2 N–H and O–H groups in total. The van der Waals surface area contributed by atoms with Crippen LogP contribution >= 0.6 is 0 Å². The van der Waals surface area contributed by atoms with Crippen LogP contribution < -0.4 is 5.73 Å². The molecule has 2 rings (SSSR count). The standard InChI is InChI=1S/C11H21NO/c1-10(2)8-11(6-7-13-10)5-3-4-9(11)12/h9H,3-8,12H2,1-2H3. The molecular formula is C11H21NO. The summed E-state index contributed by atoms with van der Waals surface area (Å²) < 4.78 is 5.74. The number of rotatable bonds is 0. The van der Waals surface area contributed by atoms with Gasteiger partial charge in [-0.2, -0.15) is 0 Å². The molecule has 1 saturated carbocycles. The molecule has 76 valence electrons. The van der Waals surface area contributed by atoms with Crippen molar-refractivity contribution in [3.8, 4) is 0 Å². The lowest BCUT2D eigenvalue weighted by Crippen LogP contribution is -2.48. The highest BCUT2D eigenvalue weighted by Crippen LogP contribution is 2.49. The van der Waals surface area contributed by atoms with E-state index in [1.54, 1.807) is 0 Å². The maximum absolute atomic E-state index is 6.21. The fourth-order valence-corrected chi connectivity index (χ4v) is 3.21. The predicted molar refractivity (Wildman–Crippen MR) is 53.5 cm³/mol. The van der Waals surface area contributed by atoms with E-state index in [-0.39, 0.29) is 5.60 Å². The van der Waals surface area contributed by atoms with Crippen LogP contribution in [0.5, 0.6) is 0 Å². The lowest BCUT2D eigenvalue weighted by atomic mass is 9.70. The minimum Gasteiger partial charge on any atom is -0.376 e. The number of nitrogens with two attached hydrogens (primary N) is 1. The molecule has 13 heavy (non-hydrogen) atoms. The van der Waals surface area contributed by atoms with Crippen LogP contribution in [0.15, 0.2) is 0 Å². The molecular weight excluding hydrogens is 162 g/mol. The van der Waals surface area contributed by atoms with Crippen molar-refractivity contribution >= 4 is 0 Å². The SMILES string of the molecule is CC1(C)CC2(CCCC2N)CCO1. The Balaban J connectivity index is 2.14. The summed E-state index contributed by atoms with van der Waals surface area (Å²) >= 11 is 0. The van der Waals surface area contributed by atoms with Gasteiger partial charge in [0.05, 0.1) is 5.60 Å². The third-order valence-electron chi connectivity index (χ3n) is 3.85. The summed E-state index contributed by atoms with van der Waals surface area (Å²) in [5.41, 5.74) is 6.68. The molecule has 0 aromatic heterocycles. The number of hydrogen-bond acceptors (Lipinski definition) is 2. The highest BCUT2D eigenvalue weighted by molar-refractivity contribution is 5.00. The van der Waals surface area contributed by atoms with Gasteiger partial charge < -0.3 is 10.5 Å². The molecule has 0 aromatic carbocycles. The van der Waals surface area contributed by atoms with Gasteiger partial charge in [-0.3, -0.25) is 0 Å². The fourth-order valence-electron chi connectivity index (χ4n) is 3.21. The van der Waals surface area contributed by atoms with Crippen molar-refractivity contribution in [1.82, 2.24) is 0 Å². The summed E-state index contributed by atoms with van der Waals surface area (Å²) in [6.45, 7) is 5.29. The molecule has 2 nitrogen and oxygen atoms in total. The van der Waals surface area contributed by atoms with E-state index in [1.165, 1.54) is 25.7 Å². The van der Waals surface area contributed by atoms with E-state index in [1.807, 2.05) is 0 Å². The number of ether oxygens (including phenoxy) is 1. The van der Waals surface area contributed by atoms with Gasteiger partial charge in [0.2, 0.25) is 0 Å². The largest absolute Gasteiger partial charge is 0.376 e. The van der Waals surface area contributed by atoms with Crippen molar-refractivity contribution in [2.24, 2.45) is 11.1 Å². The minimum atomic E-state index is 0.0558. The van der Waals surface area contributed by atoms with Gasteiger partial charge in [-0.1, -0.05) is 6.42 Å². The van der Waals surface area contributed by atoms with E-state index < -0.39 is 0 Å². The molecule has 1 saturated heterocycles. The zero-order chi connectivity index (χ0) is 9.53. The first kappa shape index (κ1) is 9.47. The number of hydrogen-bond donors (Lipinski definition) is 1. The molecule has 0 bridgehead atoms. The lowest BCUT2D eigenvalue weighted by Gasteiger charge is -2.45. The van der Waals surface area contributed by atoms with Crippen molar-refractivity contribution in [2.75, 3.05) is 6.61 Å². The average Bonchev–Trinajstić information content (AvgIpc) is 2.31. The Morgan fingerprint density at radius 3 is 2.62 bits per heavy atom. The Morgan fingerprint density at radius 1 is 1.31 bits per heavy atom. The molecule has 2 unspecified atom stereocenters. The van der Waals surface area contributed by atoms with Crippen LogP contribution in [0.2, 0.25) is 0 Å². The second-order valence-corrected chi connectivity index (χ2v) is 5.40. The lowest BCUT2D eigenvalue weighted by molar-refractivity contribution is -0.107. The Bertz CT molecular complexity index is 202. The molecule has 2 atom stereocenters. The summed E-state index contributed by atoms with van der Waals surface area (Å²) in [5.74, 6) is 0. The highest BCUT2D eigenvalue weighted by atomic mass is 16.5. The van der Waals surface area contributed by atoms with Gasteiger partial charge in [-0.15, -0.1) is 0 Å². The Kier molecular flexibility index (Phi) is 2.16. The second kappa shape index (κ2) is 2.96. The third-order valence-corrected chi connectivity index (χ3v) is 3.85. The van der Waals surface area contributed by atoms with Crippen molar-refractivity contribution in [2.45, 2.75) is 57.6 Å². The Morgan fingerprint density at radius 2 is 2.08 bits per heavy atom. The smallest absolute Gasteiger partial charge is 0.0632 e. The van der Waals surface area contributed by atoms with Crippen LogP contribution in [0.25, 0.3) is 0 Å². The summed E-state index contributed by atoms with van der Waals surface area (Å²) in [7, 11) is 0. The Labute approximate surface area is 80.8 Å². The zero-order valence-corrected chi connectivity index (χ0v) is 8.81. The van der Waals surface area contributed by atoms with Crippen LogP contribution in [-0.4, -0.2) is 18.2 Å². The van der Waals surface area contributed by atoms with Crippen molar-refractivity contribution < 1.29 is 4.74 Å². The van der Waals surface area contributed by atoms with Crippen molar-refractivity contribution in [1.29, 1.82) is 0 Å². The van der Waals surface area contributed by atoms with Gasteiger partial charge in [0.25, 0.3) is 0 Å². The first-order chi connectivity index (χ1) is 6.04. The van der Waals surface area contributed by atoms with Crippen LogP contribution in [-0.2, 0) is 4.74 Å². The summed E-state index contributed by atoms with van der Waals surface area (Å²) in [5, 5.41) is 0. The molecule has 2 heteroatoms. The zero-order valence-electron chi connectivity index (χ0n) is 8.81. The van der Waals surface area contributed by atoms with Gasteiger partial charge in [-0.25, -0.2) is 0 Å². The first-order valence-corrected chi connectivity index (χ1v) is 5.44. The van der Waals surface area contributed by atoms with Gasteiger partial charge in [0.1, 0.15) is 0 Å². The summed E-state index contributed by atoms with van der Waals surface area (Å²) in [4.78, 5) is 0. The van der Waals surface area contributed by atoms with Gasteiger partial charge in [0, 0.05) is 12.6 Å². The molecule has 2 fully saturated rings. The quantitative estimate of drug-likeness (QED) is 0.624. The monoisotopic (exact) mass is 183 g/mol. The van der Waals surface area contributed by atoms with E-state index in [0.717, 1.165) is 13.0 Å². The molecule has 1 spiro atoms. The Hall–Kier alpha value is -0.0800. The van der Waals surface area contributed by atoms with Crippen LogP contribution in [0, 0.1) is 5.41 Å². The van der Waals surface area contributed by atoms with Crippen molar-refractivity contribution in [3.05, 3.63) is 0 Å². The fraction of sp³-hybridized carbons (Fsp3) is 1.00. The van der Waals surface area contributed by atoms with Gasteiger partial charge >= 0.3 is 0 Å². The molecule has 2 aliphatic rings. The maximum atomic E-state index is 6.21. The normalized spacial score (nSPS) is 44.1. The molecule has 1 aliphatic carbocycles. The minimum absolute atomic E-state index is 0.0558. The van der Waals surface area contributed by atoms with E-state index in [9.17, 15) is 0 Å². The van der Waals surface area contributed by atoms with E-state index >= 15 is 0 Å². The first-order valence-electron chi connectivity index (χ1n) is 5.44. The topological polar surface area (TPSA) is 35.2 Å². The molecule has 0 radical (unpaired) electrons. The third kappa shape index (κ3) is 1.62. The van der Waals surface area contributed by atoms with Crippen LogP contribution in [0.3, 0.4) is 0 Å².